The van der Waals surface area contributed by atoms with E-state index in [9.17, 15) is 9.59 Å². The fourth-order valence-corrected chi connectivity index (χ4v) is 2.82. The molecule has 1 aromatic carbocycles. The molecule has 1 fully saturated rings. The molecular weight excluding hydrogens is 342 g/mol. The molecule has 132 valence electrons. The minimum Gasteiger partial charge on any atom is -0.367 e. The highest BCUT2D eigenvalue weighted by Crippen LogP contribution is 2.13. The number of urea groups is 1. The van der Waals surface area contributed by atoms with Gasteiger partial charge in [0.15, 0.2) is 0 Å². The summed E-state index contributed by atoms with van der Waals surface area (Å²) >= 11 is 5.85. The van der Waals surface area contributed by atoms with Gasteiger partial charge in [0, 0.05) is 50.9 Å². The Bertz CT molecular complexity index is 797. The fourth-order valence-electron chi connectivity index (χ4n) is 2.69. The van der Waals surface area contributed by atoms with Crippen LogP contribution in [0.25, 0.3) is 0 Å². The molecule has 25 heavy (non-hydrogen) atoms. The summed E-state index contributed by atoms with van der Waals surface area (Å²) < 4.78 is 1.30. The molecule has 1 aliphatic heterocycles. The summed E-state index contributed by atoms with van der Waals surface area (Å²) in [4.78, 5) is 27.8. The highest BCUT2D eigenvalue weighted by Gasteiger charge is 2.21. The highest BCUT2D eigenvalue weighted by atomic mass is 35.5. The van der Waals surface area contributed by atoms with Gasteiger partial charge in [-0.2, -0.15) is 5.10 Å². The van der Waals surface area contributed by atoms with Gasteiger partial charge in [-0.05, 0) is 17.7 Å². The fraction of sp³-hybridized carbons (Fsp3) is 0.353. The van der Waals surface area contributed by atoms with Gasteiger partial charge in [-0.3, -0.25) is 4.79 Å². The second kappa shape index (κ2) is 7.57. The van der Waals surface area contributed by atoms with Crippen LogP contribution in [0.4, 0.5) is 10.5 Å². The maximum Gasteiger partial charge on any atom is 0.317 e. The minimum absolute atomic E-state index is 0.0864. The van der Waals surface area contributed by atoms with Gasteiger partial charge < -0.3 is 15.1 Å². The average molecular weight is 362 g/mol. The van der Waals surface area contributed by atoms with Crippen LogP contribution in [-0.4, -0.2) is 46.9 Å². The predicted molar refractivity (Wildman–Crippen MR) is 97.0 cm³/mol. The van der Waals surface area contributed by atoms with Crippen molar-refractivity contribution in [2.24, 2.45) is 7.05 Å². The molecule has 1 aromatic heterocycles. The van der Waals surface area contributed by atoms with Crippen LogP contribution in [0.15, 0.2) is 41.3 Å². The van der Waals surface area contributed by atoms with Crippen molar-refractivity contribution in [1.82, 2.24) is 20.0 Å². The van der Waals surface area contributed by atoms with Gasteiger partial charge in [-0.25, -0.2) is 9.48 Å². The molecule has 2 aromatic rings. The van der Waals surface area contributed by atoms with Crippen LogP contribution in [0.2, 0.25) is 5.02 Å². The van der Waals surface area contributed by atoms with Crippen LogP contribution in [0.1, 0.15) is 5.56 Å². The number of halogens is 1. The van der Waals surface area contributed by atoms with Gasteiger partial charge in [0.25, 0.3) is 5.56 Å². The molecule has 0 atom stereocenters. The maximum atomic E-state index is 12.3. The molecule has 0 saturated carbocycles. The van der Waals surface area contributed by atoms with E-state index in [0.29, 0.717) is 37.7 Å². The number of piperazine rings is 1. The number of aryl methyl sites for hydroxylation is 1. The first-order valence-corrected chi connectivity index (χ1v) is 8.46. The molecule has 7 nitrogen and oxygen atoms in total. The Hall–Kier alpha value is -2.54. The van der Waals surface area contributed by atoms with Gasteiger partial charge in [-0.15, -0.1) is 0 Å². The van der Waals surface area contributed by atoms with Gasteiger partial charge in [0.05, 0.1) is 11.9 Å². The summed E-state index contributed by atoms with van der Waals surface area (Å²) in [6.45, 7) is 3.00. The Morgan fingerprint density at radius 1 is 1.20 bits per heavy atom. The topological polar surface area (TPSA) is 70.5 Å². The summed E-state index contributed by atoms with van der Waals surface area (Å²) in [5, 5.41) is 7.63. The number of hydrogen-bond donors (Lipinski definition) is 1. The van der Waals surface area contributed by atoms with E-state index in [1.165, 1.54) is 4.68 Å². The zero-order valence-corrected chi connectivity index (χ0v) is 14.7. The van der Waals surface area contributed by atoms with Crippen LogP contribution in [0.3, 0.4) is 0 Å². The second-order valence-corrected chi connectivity index (χ2v) is 6.37. The molecule has 0 aliphatic carbocycles. The molecule has 3 rings (SSSR count). The van der Waals surface area contributed by atoms with Gasteiger partial charge >= 0.3 is 6.03 Å². The van der Waals surface area contributed by atoms with E-state index in [2.05, 4.69) is 15.3 Å². The van der Waals surface area contributed by atoms with Crippen molar-refractivity contribution < 1.29 is 4.79 Å². The van der Waals surface area contributed by atoms with E-state index in [1.54, 1.807) is 36.3 Å². The summed E-state index contributed by atoms with van der Waals surface area (Å²) in [7, 11) is 1.62. The number of carbonyl (C=O) groups is 1. The molecule has 8 heteroatoms. The van der Waals surface area contributed by atoms with E-state index >= 15 is 0 Å². The first-order chi connectivity index (χ1) is 12.0. The molecule has 0 unspecified atom stereocenters. The van der Waals surface area contributed by atoms with Gasteiger partial charge in [-0.1, -0.05) is 23.7 Å². The first-order valence-electron chi connectivity index (χ1n) is 8.08. The van der Waals surface area contributed by atoms with E-state index in [4.69, 9.17) is 11.6 Å². The third kappa shape index (κ3) is 4.30. The summed E-state index contributed by atoms with van der Waals surface area (Å²) in [6.07, 6.45) is 1.68. The summed E-state index contributed by atoms with van der Waals surface area (Å²) in [5.74, 6) is 0. The predicted octanol–water partition coefficient (Wildman–Crippen LogP) is 1.47. The second-order valence-electron chi connectivity index (χ2n) is 5.93. The monoisotopic (exact) mass is 361 g/mol. The average Bonchev–Trinajstić information content (AvgIpc) is 2.63. The summed E-state index contributed by atoms with van der Waals surface area (Å²) in [6, 6.07) is 8.88. The quantitative estimate of drug-likeness (QED) is 0.898. The lowest BCUT2D eigenvalue weighted by atomic mass is 10.2. The van der Waals surface area contributed by atoms with Crippen LogP contribution >= 0.6 is 11.6 Å². The maximum absolute atomic E-state index is 12.3. The SMILES string of the molecule is Cn1ncc(N2CCN(C(=O)NCc3ccc(Cl)cc3)CC2)cc1=O. The van der Waals surface area contributed by atoms with Crippen LogP contribution in [0, 0.1) is 0 Å². The lowest BCUT2D eigenvalue weighted by Gasteiger charge is -2.35. The lowest BCUT2D eigenvalue weighted by Crippen LogP contribution is -2.52. The Morgan fingerprint density at radius 3 is 2.52 bits per heavy atom. The van der Waals surface area contributed by atoms with Crippen LogP contribution in [-0.2, 0) is 13.6 Å². The first kappa shape index (κ1) is 17.3. The van der Waals surface area contributed by atoms with Crippen molar-refractivity contribution in [3.05, 3.63) is 57.5 Å². The smallest absolute Gasteiger partial charge is 0.317 e. The van der Waals surface area contributed by atoms with Crippen molar-refractivity contribution in [2.75, 3.05) is 31.1 Å². The zero-order valence-electron chi connectivity index (χ0n) is 14.0. The standard InChI is InChI=1S/C17H20ClN5O2/c1-21-16(24)10-15(12-20-21)22-6-8-23(9-7-22)17(25)19-11-13-2-4-14(18)5-3-13/h2-5,10,12H,6-9,11H2,1H3,(H,19,25). The number of nitrogens with one attached hydrogen (secondary N) is 1. The molecule has 2 amide bonds. The Labute approximate surface area is 150 Å². The summed E-state index contributed by atoms with van der Waals surface area (Å²) in [5.41, 5.74) is 1.66. The zero-order chi connectivity index (χ0) is 17.8. The number of carbonyl (C=O) groups excluding carboxylic acids is 1. The molecule has 1 aliphatic rings. The number of aromatic nitrogens is 2. The molecule has 0 spiro atoms. The third-order valence-electron chi connectivity index (χ3n) is 4.24. The third-order valence-corrected chi connectivity index (χ3v) is 4.49. The van der Waals surface area contributed by atoms with Crippen molar-refractivity contribution >= 4 is 23.3 Å². The number of benzene rings is 1. The number of rotatable bonds is 3. The van der Waals surface area contributed by atoms with Crippen molar-refractivity contribution in [3.8, 4) is 0 Å². The number of hydrogen-bond acceptors (Lipinski definition) is 4. The van der Waals surface area contributed by atoms with Crippen LogP contribution < -0.4 is 15.8 Å². The number of nitrogens with zero attached hydrogens (tertiary/aromatic N) is 4. The molecule has 0 radical (unpaired) electrons. The van der Waals surface area contributed by atoms with E-state index in [0.717, 1.165) is 11.3 Å². The van der Waals surface area contributed by atoms with Crippen molar-refractivity contribution in [2.45, 2.75) is 6.54 Å². The van der Waals surface area contributed by atoms with E-state index in [-0.39, 0.29) is 11.6 Å². The van der Waals surface area contributed by atoms with Crippen molar-refractivity contribution in [1.29, 1.82) is 0 Å². The molecule has 2 heterocycles. The number of anilines is 1. The van der Waals surface area contributed by atoms with Crippen LogP contribution in [0.5, 0.6) is 0 Å². The molecule has 1 saturated heterocycles. The van der Waals surface area contributed by atoms with Crippen molar-refractivity contribution in [3.63, 3.8) is 0 Å². The van der Waals surface area contributed by atoms with E-state index < -0.39 is 0 Å². The molecular formula is C17H20ClN5O2. The molecule has 1 N–H and O–H groups in total. The Balaban J connectivity index is 1.51. The lowest BCUT2D eigenvalue weighted by molar-refractivity contribution is 0.194. The highest BCUT2D eigenvalue weighted by molar-refractivity contribution is 6.30. The normalized spacial score (nSPS) is 14.5. The largest absolute Gasteiger partial charge is 0.367 e. The Kier molecular flexibility index (Phi) is 5.23. The Morgan fingerprint density at radius 2 is 1.88 bits per heavy atom. The van der Waals surface area contributed by atoms with Gasteiger partial charge in [0.1, 0.15) is 0 Å². The van der Waals surface area contributed by atoms with E-state index in [1.807, 2.05) is 12.1 Å². The number of amides is 2. The minimum atomic E-state index is -0.138. The van der Waals surface area contributed by atoms with Gasteiger partial charge in [0.2, 0.25) is 0 Å². The molecule has 0 bridgehead atoms.